The van der Waals surface area contributed by atoms with Crippen molar-refractivity contribution in [3.05, 3.63) is 81.8 Å². The van der Waals surface area contributed by atoms with Gasteiger partial charge in [0.05, 0.1) is 42.6 Å². The minimum absolute atomic E-state index is 0.159. The summed E-state index contributed by atoms with van der Waals surface area (Å²) in [4.78, 5) is 15.5. The van der Waals surface area contributed by atoms with Gasteiger partial charge >= 0.3 is 0 Å². The Morgan fingerprint density at radius 2 is 1.63 bits per heavy atom. The number of carbonyl (C=O) groups is 1. The van der Waals surface area contributed by atoms with Gasteiger partial charge in [0.25, 0.3) is 0 Å². The van der Waals surface area contributed by atoms with E-state index in [0.717, 1.165) is 23.3 Å². The number of hydrogen-bond acceptors (Lipinski definition) is 1. The van der Waals surface area contributed by atoms with Gasteiger partial charge < -0.3 is 9.38 Å². The number of fused-ring (bicyclic) bond motifs is 4. The number of amides is 1. The second-order valence-corrected chi connectivity index (χ2v) is 14.2. The van der Waals surface area contributed by atoms with Crippen molar-refractivity contribution in [3.63, 3.8) is 0 Å². The van der Waals surface area contributed by atoms with Crippen LogP contribution in [0.5, 0.6) is 0 Å². The Labute approximate surface area is 256 Å². The van der Waals surface area contributed by atoms with E-state index in [0.29, 0.717) is 28.4 Å². The van der Waals surface area contributed by atoms with Crippen LogP contribution in [-0.4, -0.2) is 55.1 Å². The normalized spacial score (nSPS) is 25.3. The Kier molecular flexibility index (Phi) is 8.69. The highest BCUT2D eigenvalue weighted by Gasteiger charge is 2.52. The lowest BCUT2D eigenvalue weighted by Gasteiger charge is -2.58. The third-order valence-corrected chi connectivity index (χ3v) is 12.0. The number of quaternary nitrogens is 1. The molecule has 1 aliphatic carbocycles. The van der Waals surface area contributed by atoms with Crippen molar-refractivity contribution in [2.24, 2.45) is 11.3 Å². The standard InChI is InChI=1S/C36H45Cl2N2O/c1-39(35(41)25-29-10-7-9-27-8-5-6-13-32(27)29)26-30(28-14-15-33(37)34(38)24-28)16-20-40-21-17-36(18-22-40,19-23-40)31-11-3-2-4-12-31/h5-10,13-15,24,30-31H,2-4,11-12,16-23,25-26H2,1H3/q+1. The van der Waals surface area contributed by atoms with Gasteiger partial charge in [-0.3, -0.25) is 4.79 Å². The molecule has 4 fully saturated rings. The molecular weight excluding hydrogens is 547 g/mol. The molecule has 7 rings (SSSR count). The molecule has 1 amide bonds. The second-order valence-electron chi connectivity index (χ2n) is 13.4. The van der Waals surface area contributed by atoms with Crippen molar-refractivity contribution in [1.29, 1.82) is 0 Å². The molecule has 0 spiro atoms. The Balaban J connectivity index is 1.14. The van der Waals surface area contributed by atoms with Crippen molar-refractivity contribution in [2.45, 2.75) is 70.1 Å². The molecule has 2 bridgehead atoms. The largest absolute Gasteiger partial charge is 0.345 e. The molecule has 0 N–H and O–H groups in total. The van der Waals surface area contributed by atoms with Gasteiger partial charge in [-0.1, -0.05) is 91.0 Å². The van der Waals surface area contributed by atoms with E-state index < -0.39 is 0 Å². The van der Waals surface area contributed by atoms with E-state index in [9.17, 15) is 4.79 Å². The van der Waals surface area contributed by atoms with E-state index in [1.807, 2.05) is 30.1 Å². The molecule has 1 atom stereocenters. The maximum atomic E-state index is 13.5. The molecule has 3 aliphatic heterocycles. The Bertz CT molecular complexity index is 1350. The molecule has 1 unspecified atom stereocenters. The number of benzene rings is 3. The fourth-order valence-corrected chi connectivity index (χ4v) is 8.80. The van der Waals surface area contributed by atoms with E-state index in [1.54, 1.807) is 0 Å². The Morgan fingerprint density at radius 1 is 0.927 bits per heavy atom. The highest BCUT2D eigenvalue weighted by atomic mass is 35.5. The second kappa shape index (κ2) is 12.3. The van der Waals surface area contributed by atoms with Gasteiger partial charge in [0.2, 0.25) is 5.91 Å². The minimum Gasteiger partial charge on any atom is -0.345 e. The summed E-state index contributed by atoms with van der Waals surface area (Å²) in [7, 11) is 1.96. The Morgan fingerprint density at radius 3 is 2.37 bits per heavy atom. The first-order chi connectivity index (χ1) is 19.9. The number of halogens is 2. The maximum Gasteiger partial charge on any atom is 0.226 e. The van der Waals surface area contributed by atoms with Gasteiger partial charge in [0.15, 0.2) is 0 Å². The molecule has 1 saturated carbocycles. The topological polar surface area (TPSA) is 20.3 Å². The molecule has 0 aromatic heterocycles. The van der Waals surface area contributed by atoms with E-state index in [4.69, 9.17) is 23.2 Å². The lowest BCUT2D eigenvalue weighted by molar-refractivity contribution is -0.946. The summed E-state index contributed by atoms with van der Waals surface area (Å²) in [5.41, 5.74) is 2.91. The first kappa shape index (κ1) is 29.0. The zero-order chi connectivity index (χ0) is 28.5. The lowest BCUT2D eigenvalue weighted by atomic mass is 9.59. The Hall–Kier alpha value is -2.07. The molecule has 4 aliphatic rings. The van der Waals surface area contributed by atoms with E-state index in [1.165, 1.54) is 93.0 Å². The zero-order valence-electron chi connectivity index (χ0n) is 24.6. The average molecular weight is 593 g/mol. The molecule has 5 heteroatoms. The third-order valence-electron chi connectivity index (χ3n) is 11.2. The van der Waals surface area contributed by atoms with Crippen LogP contribution < -0.4 is 0 Å². The summed E-state index contributed by atoms with van der Waals surface area (Å²) in [5, 5.41) is 3.52. The van der Waals surface area contributed by atoms with Gasteiger partial charge in [-0.15, -0.1) is 0 Å². The summed E-state index contributed by atoms with van der Waals surface area (Å²) in [5.74, 6) is 1.36. The highest BCUT2D eigenvalue weighted by molar-refractivity contribution is 6.42. The zero-order valence-corrected chi connectivity index (χ0v) is 26.1. The van der Waals surface area contributed by atoms with Crippen molar-refractivity contribution in [3.8, 4) is 0 Å². The number of hydrogen-bond donors (Lipinski definition) is 0. The number of piperidine rings is 3. The van der Waals surface area contributed by atoms with Gasteiger partial charge in [-0.2, -0.15) is 0 Å². The number of nitrogens with zero attached hydrogens (tertiary/aromatic N) is 2. The third kappa shape index (κ3) is 6.19. The van der Waals surface area contributed by atoms with E-state index >= 15 is 0 Å². The summed E-state index contributed by atoms with van der Waals surface area (Å²) < 4.78 is 1.26. The van der Waals surface area contributed by atoms with E-state index in [-0.39, 0.29) is 11.8 Å². The lowest BCUT2D eigenvalue weighted by Crippen LogP contribution is -2.63. The molecule has 3 aromatic rings. The maximum absolute atomic E-state index is 13.5. The van der Waals surface area contributed by atoms with Gasteiger partial charge in [0, 0.05) is 45.2 Å². The predicted octanol–water partition coefficient (Wildman–Crippen LogP) is 8.90. The first-order valence-corrected chi connectivity index (χ1v) is 16.6. The fourth-order valence-electron chi connectivity index (χ4n) is 8.49. The van der Waals surface area contributed by atoms with Crippen LogP contribution in [0.1, 0.15) is 74.8 Å². The molecule has 41 heavy (non-hydrogen) atoms. The van der Waals surface area contributed by atoms with Crippen molar-refractivity contribution >= 4 is 39.9 Å². The van der Waals surface area contributed by atoms with Crippen molar-refractivity contribution in [2.75, 3.05) is 39.8 Å². The van der Waals surface area contributed by atoms with Crippen LogP contribution in [0, 0.1) is 11.3 Å². The SMILES string of the molecule is CN(CC(CC[N+]12CCC(C3CCCCC3)(CC1)CC2)c1ccc(Cl)c(Cl)c1)C(=O)Cc1cccc2ccccc12. The molecule has 0 radical (unpaired) electrons. The summed E-state index contributed by atoms with van der Waals surface area (Å²) in [6.07, 6.45) is 13.0. The van der Waals surface area contributed by atoms with Gasteiger partial charge in [-0.05, 0) is 58.2 Å². The summed E-state index contributed by atoms with van der Waals surface area (Å²) in [6.45, 7) is 5.87. The summed E-state index contributed by atoms with van der Waals surface area (Å²) >= 11 is 12.8. The van der Waals surface area contributed by atoms with Crippen molar-refractivity contribution < 1.29 is 9.28 Å². The van der Waals surface area contributed by atoms with E-state index in [2.05, 4.69) is 42.5 Å². The molecule has 3 nitrogen and oxygen atoms in total. The predicted molar refractivity (Wildman–Crippen MR) is 172 cm³/mol. The molecular formula is C36H45Cl2N2O+. The fraction of sp³-hybridized carbons (Fsp3) is 0.528. The van der Waals surface area contributed by atoms with Gasteiger partial charge in [0.1, 0.15) is 0 Å². The number of rotatable bonds is 9. The quantitative estimate of drug-likeness (QED) is 0.227. The van der Waals surface area contributed by atoms with Crippen LogP contribution in [0.25, 0.3) is 10.8 Å². The van der Waals surface area contributed by atoms with Crippen LogP contribution in [0.15, 0.2) is 60.7 Å². The summed E-state index contributed by atoms with van der Waals surface area (Å²) in [6, 6.07) is 20.6. The highest BCUT2D eigenvalue weighted by Crippen LogP contribution is 2.53. The monoisotopic (exact) mass is 591 g/mol. The van der Waals surface area contributed by atoms with Crippen LogP contribution in [-0.2, 0) is 11.2 Å². The average Bonchev–Trinajstić information content (AvgIpc) is 3.02. The smallest absolute Gasteiger partial charge is 0.226 e. The minimum atomic E-state index is 0.159. The van der Waals surface area contributed by atoms with Gasteiger partial charge in [-0.25, -0.2) is 0 Å². The molecule has 3 saturated heterocycles. The molecule has 3 aromatic carbocycles. The first-order valence-electron chi connectivity index (χ1n) is 15.9. The molecule has 218 valence electrons. The van der Waals surface area contributed by atoms with Crippen molar-refractivity contribution in [1.82, 2.24) is 4.90 Å². The number of likely N-dealkylation sites (N-methyl/N-ethyl adjacent to an activating group) is 1. The van der Waals surface area contributed by atoms with Crippen LogP contribution in [0.2, 0.25) is 10.0 Å². The van der Waals surface area contributed by atoms with Crippen LogP contribution in [0.4, 0.5) is 0 Å². The van der Waals surface area contributed by atoms with Crippen LogP contribution in [0.3, 0.4) is 0 Å². The molecule has 3 heterocycles. The number of carbonyl (C=O) groups excluding carboxylic acids is 1. The van der Waals surface area contributed by atoms with Crippen LogP contribution >= 0.6 is 23.2 Å².